The van der Waals surface area contributed by atoms with Crippen molar-refractivity contribution in [2.24, 2.45) is 0 Å². The van der Waals surface area contributed by atoms with Crippen molar-refractivity contribution in [2.45, 2.75) is 38.8 Å². The lowest BCUT2D eigenvalue weighted by atomic mass is 10.1. The molecule has 2 unspecified atom stereocenters. The van der Waals surface area contributed by atoms with E-state index in [2.05, 4.69) is 5.32 Å². The van der Waals surface area contributed by atoms with E-state index >= 15 is 0 Å². The molecule has 0 saturated heterocycles. The van der Waals surface area contributed by atoms with Crippen molar-refractivity contribution >= 4 is 11.9 Å². The number of amides is 1. The lowest BCUT2D eigenvalue weighted by Gasteiger charge is -2.18. The van der Waals surface area contributed by atoms with Crippen LogP contribution in [0.3, 0.4) is 0 Å². The van der Waals surface area contributed by atoms with Gasteiger partial charge in [0.2, 0.25) is 0 Å². The second kappa shape index (κ2) is 10.5. The van der Waals surface area contributed by atoms with Gasteiger partial charge in [-0.1, -0.05) is 18.2 Å². The summed E-state index contributed by atoms with van der Waals surface area (Å²) >= 11 is 0. The Labute approximate surface area is 170 Å². The van der Waals surface area contributed by atoms with Gasteiger partial charge in [-0.25, -0.2) is 4.39 Å². The average Bonchev–Trinajstić information content (AvgIpc) is 2.72. The number of rotatable bonds is 9. The van der Waals surface area contributed by atoms with Crippen molar-refractivity contribution < 1.29 is 28.2 Å². The van der Waals surface area contributed by atoms with Crippen LogP contribution in [0, 0.1) is 5.82 Å². The zero-order chi connectivity index (χ0) is 21.4. The van der Waals surface area contributed by atoms with E-state index in [0.29, 0.717) is 17.9 Å². The Balaban J connectivity index is 1.83. The molecule has 0 aliphatic rings. The number of hydrogen-bond donors (Lipinski definition) is 1. The maximum atomic E-state index is 13.0. The van der Waals surface area contributed by atoms with Gasteiger partial charge in [-0.05, 0) is 55.7 Å². The summed E-state index contributed by atoms with van der Waals surface area (Å²) in [6.07, 6.45) is -0.365. The Hall–Kier alpha value is -3.09. The van der Waals surface area contributed by atoms with Gasteiger partial charge in [0.05, 0.1) is 20.3 Å². The summed E-state index contributed by atoms with van der Waals surface area (Å²) in [5, 5.41) is 2.75. The lowest BCUT2D eigenvalue weighted by Crippen LogP contribution is -2.37. The molecule has 2 atom stereocenters. The summed E-state index contributed by atoms with van der Waals surface area (Å²) in [5.41, 5.74) is 1.65. The van der Waals surface area contributed by atoms with E-state index in [1.165, 1.54) is 19.1 Å². The van der Waals surface area contributed by atoms with Gasteiger partial charge in [0.25, 0.3) is 5.91 Å². The Morgan fingerprint density at radius 2 is 1.66 bits per heavy atom. The molecule has 29 heavy (non-hydrogen) atoms. The van der Waals surface area contributed by atoms with Gasteiger partial charge in [0.1, 0.15) is 5.82 Å². The van der Waals surface area contributed by atoms with Crippen LogP contribution < -0.4 is 14.8 Å². The zero-order valence-electron chi connectivity index (χ0n) is 17.0. The number of aryl methyl sites for hydroxylation is 1. The van der Waals surface area contributed by atoms with Crippen LogP contribution in [0.5, 0.6) is 11.5 Å². The van der Waals surface area contributed by atoms with Crippen molar-refractivity contribution in [3.8, 4) is 11.5 Å². The highest BCUT2D eigenvalue weighted by atomic mass is 19.1. The number of benzene rings is 2. The summed E-state index contributed by atoms with van der Waals surface area (Å²) in [5.74, 6) is -0.0393. The van der Waals surface area contributed by atoms with E-state index in [4.69, 9.17) is 14.2 Å². The minimum Gasteiger partial charge on any atom is -0.493 e. The molecule has 0 heterocycles. The minimum atomic E-state index is -0.934. The number of carbonyl (C=O) groups excluding carboxylic acids is 2. The van der Waals surface area contributed by atoms with E-state index in [1.807, 2.05) is 6.07 Å². The molecular formula is C22H26FNO5. The van der Waals surface area contributed by atoms with Gasteiger partial charge in [-0.15, -0.1) is 0 Å². The van der Waals surface area contributed by atoms with Gasteiger partial charge >= 0.3 is 5.97 Å². The summed E-state index contributed by atoms with van der Waals surface area (Å²) in [6.45, 7) is 3.29. The number of halogens is 1. The molecule has 2 rings (SSSR count). The van der Waals surface area contributed by atoms with E-state index < -0.39 is 18.0 Å². The smallest absolute Gasteiger partial charge is 0.306 e. The molecule has 0 radical (unpaired) electrons. The SMILES string of the molecule is COc1ccc(CCC(=O)OC(C)C(=O)NC(C)c2ccc(F)cc2)cc1OC. The molecule has 2 aromatic carbocycles. The Morgan fingerprint density at radius 3 is 2.28 bits per heavy atom. The van der Waals surface area contributed by atoms with Crippen molar-refractivity contribution in [2.75, 3.05) is 14.2 Å². The molecule has 0 aliphatic carbocycles. The van der Waals surface area contributed by atoms with E-state index in [9.17, 15) is 14.0 Å². The van der Waals surface area contributed by atoms with Crippen LogP contribution in [-0.4, -0.2) is 32.2 Å². The number of carbonyl (C=O) groups is 2. The molecular weight excluding hydrogens is 377 g/mol. The van der Waals surface area contributed by atoms with Crippen LogP contribution in [-0.2, 0) is 20.7 Å². The molecule has 1 N–H and O–H groups in total. The topological polar surface area (TPSA) is 73.9 Å². The average molecular weight is 403 g/mol. The molecule has 0 bridgehead atoms. The second-order valence-electron chi connectivity index (χ2n) is 6.60. The fourth-order valence-electron chi connectivity index (χ4n) is 2.76. The van der Waals surface area contributed by atoms with E-state index in [1.54, 1.807) is 45.4 Å². The van der Waals surface area contributed by atoms with Gasteiger partial charge < -0.3 is 19.5 Å². The zero-order valence-corrected chi connectivity index (χ0v) is 17.0. The second-order valence-corrected chi connectivity index (χ2v) is 6.60. The first kappa shape index (κ1) is 22.2. The number of esters is 1. The summed E-state index contributed by atoms with van der Waals surface area (Å²) in [4.78, 5) is 24.4. The third kappa shape index (κ3) is 6.48. The lowest BCUT2D eigenvalue weighted by molar-refractivity contribution is -0.155. The number of ether oxygens (including phenoxy) is 3. The first-order chi connectivity index (χ1) is 13.8. The molecule has 6 nitrogen and oxygen atoms in total. The minimum absolute atomic E-state index is 0.126. The molecule has 0 spiro atoms. The fourth-order valence-corrected chi connectivity index (χ4v) is 2.76. The highest BCUT2D eigenvalue weighted by Crippen LogP contribution is 2.28. The van der Waals surface area contributed by atoms with Crippen LogP contribution in [0.4, 0.5) is 4.39 Å². The predicted molar refractivity (Wildman–Crippen MR) is 106 cm³/mol. The Morgan fingerprint density at radius 1 is 1.00 bits per heavy atom. The van der Waals surface area contributed by atoms with Crippen molar-refractivity contribution in [1.29, 1.82) is 0 Å². The maximum absolute atomic E-state index is 13.0. The summed E-state index contributed by atoms with van der Waals surface area (Å²) in [6, 6.07) is 10.9. The molecule has 0 saturated carbocycles. The number of methoxy groups -OCH3 is 2. The third-order valence-electron chi connectivity index (χ3n) is 4.47. The van der Waals surface area contributed by atoms with Crippen LogP contribution in [0.1, 0.15) is 37.4 Å². The number of hydrogen-bond acceptors (Lipinski definition) is 5. The van der Waals surface area contributed by atoms with Gasteiger partial charge in [0, 0.05) is 6.42 Å². The van der Waals surface area contributed by atoms with E-state index in [0.717, 1.165) is 11.1 Å². The van der Waals surface area contributed by atoms with Crippen LogP contribution in [0.2, 0.25) is 0 Å². The third-order valence-corrected chi connectivity index (χ3v) is 4.47. The number of nitrogens with one attached hydrogen (secondary N) is 1. The monoisotopic (exact) mass is 403 g/mol. The highest BCUT2D eigenvalue weighted by Gasteiger charge is 2.20. The molecule has 0 aromatic heterocycles. The molecule has 0 fully saturated rings. The first-order valence-corrected chi connectivity index (χ1v) is 9.30. The standard InChI is InChI=1S/C22H26FNO5/c1-14(17-7-9-18(23)10-8-17)24-22(26)15(2)29-21(25)12-6-16-5-11-19(27-3)20(13-16)28-4/h5,7-11,13-15H,6,12H2,1-4H3,(H,24,26). The Bertz CT molecular complexity index is 838. The fraction of sp³-hybridized carbons (Fsp3) is 0.364. The molecule has 7 heteroatoms. The van der Waals surface area contributed by atoms with Crippen LogP contribution in [0.15, 0.2) is 42.5 Å². The molecule has 2 aromatic rings. The summed E-state index contributed by atoms with van der Waals surface area (Å²) in [7, 11) is 3.10. The molecule has 156 valence electrons. The molecule has 0 aliphatic heterocycles. The van der Waals surface area contributed by atoms with Crippen LogP contribution >= 0.6 is 0 Å². The normalized spacial score (nSPS) is 12.6. The quantitative estimate of drug-likeness (QED) is 0.648. The predicted octanol–water partition coefficient (Wildman–Crippen LogP) is 3.58. The van der Waals surface area contributed by atoms with Crippen molar-refractivity contribution in [1.82, 2.24) is 5.32 Å². The first-order valence-electron chi connectivity index (χ1n) is 9.30. The molecule has 1 amide bonds. The highest BCUT2D eigenvalue weighted by molar-refractivity contribution is 5.83. The van der Waals surface area contributed by atoms with Crippen LogP contribution in [0.25, 0.3) is 0 Å². The van der Waals surface area contributed by atoms with Gasteiger partial charge in [0.15, 0.2) is 17.6 Å². The van der Waals surface area contributed by atoms with Crippen molar-refractivity contribution in [3.05, 3.63) is 59.4 Å². The Kier molecular flexibility index (Phi) is 8.00. The van der Waals surface area contributed by atoms with Crippen molar-refractivity contribution in [3.63, 3.8) is 0 Å². The van der Waals surface area contributed by atoms with Gasteiger partial charge in [-0.3, -0.25) is 9.59 Å². The largest absolute Gasteiger partial charge is 0.493 e. The van der Waals surface area contributed by atoms with E-state index in [-0.39, 0.29) is 18.3 Å². The maximum Gasteiger partial charge on any atom is 0.306 e. The van der Waals surface area contributed by atoms with Gasteiger partial charge in [-0.2, -0.15) is 0 Å². The summed E-state index contributed by atoms with van der Waals surface area (Å²) < 4.78 is 28.7.